The van der Waals surface area contributed by atoms with Crippen molar-refractivity contribution in [3.05, 3.63) is 59.1 Å². The molecule has 1 fully saturated rings. The second-order valence-corrected chi connectivity index (χ2v) is 9.81. The summed E-state index contributed by atoms with van der Waals surface area (Å²) in [6.45, 7) is 1.13. The van der Waals surface area contributed by atoms with Crippen LogP contribution in [0.2, 0.25) is 5.02 Å². The predicted octanol–water partition coefficient (Wildman–Crippen LogP) is 2.76. The smallest absolute Gasteiger partial charge is 0.253 e. The highest BCUT2D eigenvalue weighted by molar-refractivity contribution is 7.89. The molecule has 1 saturated heterocycles. The maximum absolute atomic E-state index is 13.0. The summed E-state index contributed by atoms with van der Waals surface area (Å²) in [4.78, 5) is 25.5. The molecular weight excluding hydrogens is 454 g/mol. The van der Waals surface area contributed by atoms with Gasteiger partial charge < -0.3 is 15.4 Å². The highest BCUT2D eigenvalue weighted by Crippen LogP contribution is 2.26. The van der Waals surface area contributed by atoms with Crippen molar-refractivity contribution >= 4 is 39.1 Å². The third-order valence-electron chi connectivity index (χ3n) is 5.23. The number of rotatable bonds is 8. The first-order valence-corrected chi connectivity index (χ1v) is 12.1. The van der Waals surface area contributed by atoms with E-state index in [-0.39, 0.29) is 23.3 Å². The minimum atomic E-state index is -3.73. The Balaban J connectivity index is 1.70. The number of carbonyl (C=O) groups is 2. The lowest BCUT2D eigenvalue weighted by Gasteiger charge is -2.31. The molecule has 0 unspecified atom stereocenters. The Morgan fingerprint density at radius 3 is 2.59 bits per heavy atom. The Hall–Kier alpha value is -2.46. The minimum Gasteiger partial charge on any atom is -0.383 e. The van der Waals surface area contributed by atoms with Gasteiger partial charge in [-0.3, -0.25) is 9.59 Å². The zero-order chi connectivity index (χ0) is 23.1. The highest BCUT2D eigenvalue weighted by atomic mass is 35.5. The van der Waals surface area contributed by atoms with Gasteiger partial charge in [0.05, 0.1) is 28.7 Å². The van der Waals surface area contributed by atoms with Gasteiger partial charge in [-0.1, -0.05) is 23.7 Å². The van der Waals surface area contributed by atoms with Crippen molar-refractivity contribution in [3.63, 3.8) is 0 Å². The zero-order valence-corrected chi connectivity index (χ0v) is 19.3. The van der Waals surface area contributed by atoms with Gasteiger partial charge >= 0.3 is 0 Å². The van der Waals surface area contributed by atoms with Crippen LogP contribution < -0.4 is 10.6 Å². The summed E-state index contributed by atoms with van der Waals surface area (Å²) >= 11 is 5.86. The monoisotopic (exact) mass is 479 g/mol. The normalized spacial score (nSPS) is 17.0. The second kappa shape index (κ2) is 10.9. The number of nitrogens with zero attached hydrogens (tertiary/aromatic N) is 1. The summed E-state index contributed by atoms with van der Waals surface area (Å²) in [6.07, 6.45) is 1.12. The molecule has 2 amide bonds. The lowest BCUT2D eigenvalue weighted by atomic mass is 9.98. The number of amides is 2. The van der Waals surface area contributed by atoms with Crippen LogP contribution in [-0.4, -0.2) is 57.9 Å². The predicted molar refractivity (Wildman–Crippen MR) is 122 cm³/mol. The average Bonchev–Trinajstić information content (AvgIpc) is 2.80. The van der Waals surface area contributed by atoms with Gasteiger partial charge in [-0.15, -0.1) is 0 Å². The molecule has 1 heterocycles. The molecule has 0 radical (unpaired) electrons. The summed E-state index contributed by atoms with van der Waals surface area (Å²) < 4.78 is 32.2. The van der Waals surface area contributed by atoms with Crippen molar-refractivity contribution < 1.29 is 22.7 Å². The molecule has 0 bridgehead atoms. The molecule has 3 rings (SSSR count). The van der Waals surface area contributed by atoms with E-state index in [0.717, 1.165) is 0 Å². The Kier molecular flexibility index (Phi) is 8.25. The van der Waals surface area contributed by atoms with Crippen LogP contribution in [0.5, 0.6) is 0 Å². The van der Waals surface area contributed by atoms with Crippen LogP contribution in [-0.2, 0) is 19.6 Å². The van der Waals surface area contributed by atoms with E-state index in [0.29, 0.717) is 48.8 Å². The largest absolute Gasteiger partial charge is 0.383 e. The van der Waals surface area contributed by atoms with E-state index in [1.54, 1.807) is 31.4 Å². The molecule has 0 spiro atoms. The van der Waals surface area contributed by atoms with E-state index in [1.807, 2.05) is 0 Å². The summed E-state index contributed by atoms with van der Waals surface area (Å²) in [5, 5.41) is 5.98. The number of benzene rings is 2. The average molecular weight is 480 g/mol. The topological polar surface area (TPSA) is 105 Å². The minimum absolute atomic E-state index is 0.0684. The zero-order valence-electron chi connectivity index (χ0n) is 17.7. The van der Waals surface area contributed by atoms with Gasteiger partial charge in [0, 0.05) is 31.8 Å². The van der Waals surface area contributed by atoms with E-state index < -0.39 is 15.9 Å². The number of para-hydroxylation sites is 1. The number of halogens is 1. The molecule has 10 heteroatoms. The first-order valence-electron chi connectivity index (χ1n) is 10.3. The number of ether oxygens (including phenoxy) is 1. The fourth-order valence-corrected chi connectivity index (χ4v) is 5.17. The molecule has 1 atom stereocenters. The fraction of sp³-hybridized carbons (Fsp3) is 0.364. The number of anilines is 1. The molecule has 0 aliphatic carbocycles. The standard InChI is InChI=1S/C22H26ClN3O5S/c1-31-14-12-24-22(28)19-6-2-3-7-20(19)25-21(27)16-5-4-13-26(15-16)32(29,30)18-10-8-17(23)9-11-18/h2-3,6-11,16H,4-5,12-15H2,1H3,(H,24,28)(H,25,27)/t16-/m1/s1. The van der Waals surface area contributed by atoms with E-state index >= 15 is 0 Å². The number of sulfonamides is 1. The number of hydrogen-bond acceptors (Lipinski definition) is 5. The Labute approximate surface area is 192 Å². The van der Waals surface area contributed by atoms with Crippen molar-refractivity contribution in [2.45, 2.75) is 17.7 Å². The molecule has 32 heavy (non-hydrogen) atoms. The number of hydrogen-bond donors (Lipinski definition) is 2. The molecule has 8 nitrogen and oxygen atoms in total. The Bertz CT molecular complexity index is 1060. The summed E-state index contributed by atoms with van der Waals surface area (Å²) in [5.74, 6) is -1.18. The lowest BCUT2D eigenvalue weighted by molar-refractivity contribution is -0.120. The van der Waals surface area contributed by atoms with Gasteiger partial charge in [-0.05, 0) is 49.2 Å². The molecule has 2 aromatic rings. The van der Waals surface area contributed by atoms with E-state index in [2.05, 4.69) is 10.6 Å². The Morgan fingerprint density at radius 2 is 1.88 bits per heavy atom. The first-order chi connectivity index (χ1) is 15.3. The van der Waals surface area contributed by atoms with Crippen LogP contribution in [0.3, 0.4) is 0 Å². The highest BCUT2D eigenvalue weighted by Gasteiger charge is 2.33. The van der Waals surface area contributed by atoms with Gasteiger partial charge in [-0.25, -0.2) is 8.42 Å². The molecule has 2 N–H and O–H groups in total. The van der Waals surface area contributed by atoms with Crippen molar-refractivity contribution in [2.75, 3.05) is 38.7 Å². The van der Waals surface area contributed by atoms with Gasteiger partial charge in [0.25, 0.3) is 5.91 Å². The molecular formula is C22H26ClN3O5S. The lowest BCUT2D eigenvalue weighted by Crippen LogP contribution is -2.43. The number of nitrogens with one attached hydrogen (secondary N) is 2. The van der Waals surface area contributed by atoms with Crippen LogP contribution in [0.25, 0.3) is 0 Å². The van der Waals surface area contributed by atoms with E-state index in [1.165, 1.54) is 28.6 Å². The first kappa shape index (κ1) is 24.2. The van der Waals surface area contributed by atoms with Gasteiger partial charge in [0.2, 0.25) is 15.9 Å². The molecule has 2 aromatic carbocycles. The van der Waals surface area contributed by atoms with Crippen molar-refractivity contribution in [2.24, 2.45) is 5.92 Å². The number of methoxy groups -OCH3 is 1. The van der Waals surface area contributed by atoms with Crippen LogP contribution in [0.1, 0.15) is 23.2 Å². The van der Waals surface area contributed by atoms with Crippen molar-refractivity contribution in [1.82, 2.24) is 9.62 Å². The SMILES string of the molecule is COCCNC(=O)c1ccccc1NC(=O)[C@@H]1CCCN(S(=O)(=O)c2ccc(Cl)cc2)C1. The van der Waals surface area contributed by atoms with Gasteiger partial charge in [-0.2, -0.15) is 4.31 Å². The van der Waals surface area contributed by atoms with Gasteiger partial charge in [0.15, 0.2) is 0 Å². The van der Waals surface area contributed by atoms with Crippen LogP contribution in [0.15, 0.2) is 53.4 Å². The van der Waals surface area contributed by atoms with Gasteiger partial charge in [0.1, 0.15) is 0 Å². The molecule has 172 valence electrons. The summed E-state index contributed by atoms with van der Waals surface area (Å²) in [7, 11) is -2.19. The van der Waals surface area contributed by atoms with Crippen molar-refractivity contribution in [1.29, 1.82) is 0 Å². The maximum Gasteiger partial charge on any atom is 0.253 e. The molecule has 1 aliphatic rings. The number of piperidine rings is 1. The van der Waals surface area contributed by atoms with Crippen molar-refractivity contribution in [3.8, 4) is 0 Å². The van der Waals surface area contributed by atoms with E-state index in [9.17, 15) is 18.0 Å². The van der Waals surface area contributed by atoms with Crippen LogP contribution in [0, 0.1) is 5.92 Å². The summed E-state index contributed by atoms with van der Waals surface area (Å²) in [5.41, 5.74) is 0.712. The fourth-order valence-electron chi connectivity index (χ4n) is 3.52. The number of carbonyl (C=O) groups excluding carboxylic acids is 2. The quantitative estimate of drug-likeness (QED) is 0.566. The molecule has 0 saturated carbocycles. The second-order valence-electron chi connectivity index (χ2n) is 7.44. The third-order valence-corrected chi connectivity index (χ3v) is 7.36. The van der Waals surface area contributed by atoms with E-state index in [4.69, 9.17) is 16.3 Å². The molecule has 0 aromatic heterocycles. The van der Waals surface area contributed by atoms with Crippen LogP contribution >= 0.6 is 11.6 Å². The Morgan fingerprint density at radius 1 is 1.16 bits per heavy atom. The maximum atomic E-state index is 13.0. The summed E-state index contributed by atoms with van der Waals surface area (Å²) in [6, 6.07) is 12.7. The third kappa shape index (κ3) is 5.86. The van der Waals surface area contributed by atoms with Crippen LogP contribution in [0.4, 0.5) is 5.69 Å². The molecule has 1 aliphatic heterocycles.